The molecule has 1 nitrogen and oxygen atoms in total. The van der Waals surface area contributed by atoms with Crippen LogP contribution in [0.25, 0.3) is 0 Å². The van der Waals surface area contributed by atoms with Gasteiger partial charge in [0.2, 0.25) is 0 Å². The average molecular weight is 306 g/mol. The van der Waals surface area contributed by atoms with Gasteiger partial charge in [-0.2, -0.15) is 0 Å². The van der Waals surface area contributed by atoms with Crippen LogP contribution < -0.4 is 0 Å². The fraction of sp³-hybridized carbons (Fsp3) is 1.00. The summed E-state index contributed by atoms with van der Waals surface area (Å²) in [6.45, 7) is 0. The van der Waals surface area contributed by atoms with Gasteiger partial charge in [-0.1, -0.05) is 70.6 Å². The molecule has 1 heterocycles. The minimum atomic E-state index is 0.898. The van der Waals surface area contributed by atoms with E-state index in [2.05, 4.69) is 11.9 Å². The Hall–Kier alpha value is -0.0400. The fourth-order valence-corrected chi connectivity index (χ4v) is 5.71. The summed E-state index contributed by atoms with van der Waals surface area (Å²) in [5, 5.41) is 0. The highest BCUT2D eigenvalue weighted by Gasteiger charge is 2.33. The summed E-state index contributed by atoms with van der Waals surface area (Å²) in [7, 11) is 2.48. The third-order valence-corrected chi connectivity index (χ3v) is 7.24. The molecular weight excluding hydrogens is 266 g/mol. The van der Waals surface area contributed by atoms with Gasteiger partial charge in [0.15, 0.2) is 0 Å². The van der Waals surface area contributed by atoms with Gasteiger partial charge in [0, 0.05) is 12.1 Å². The molecule has 0 aromatic rings. The standard InChI is InChI=1S/C21H39N/c1-22-20-13-9-6-5-7-11-18(15-16-20)19-12-8-3-2-4-10-14-21(22)17-19/h18-21H,2-17H2,1H3. The molecule has 0 amide bonds. The molecule has 3 aliphatic rings. The zero-order chi connectivity index (χ0) is 15.2. The molecule has 1 aliphatic heterocycles. The molecule has 1 heteroatoms. The van der Waals surface area contributed by atoms with Crippen molar-refractivity contribution >= 4 is 0 Å². The molecule has 3 rings (SSSR count). The number of likely N-dealkylation sites (tertiary alicyclic amines) is 1. The second kappa shape index (κ2) is 8.71. The molecule has 0 aromatic carbocycles. The Kier molecular flexibility index (Phi) is 6.65. The van der Waals surface area contributed by atoms with Crippen molar-refractivity contribution in [3.63, 3.8) is 0 Å². The summed E-state index contributed by atoms with van der Waals surface area (Å²) >= 11 is 0. The first-order chi connectivity index (χ1) is 10.8. The van der Waals surface area contributed by atoms with Gasteiger partial charge in [-0.25, -0.2) is 0 Å². The fourth-order valence-electron chi connectivity index (χ4n) is 5.71. The molecule has 4 unspecified atom stereocenters. The maximum atomic E-state index is 2.85. The number of rotatable bonds is 0. The second-order valence-corrected chi connectivity index (χ2v) is 8.64. The zero-order valence-corrected chi connectivity index (χ0v) is 15.1. The number of fused-ring (bicyclic) bond motifs is 6. The van der Waals surface area contributed by atoms with Crippen LogP contribution >= 0.6 is 0 Å². The van der Waals surface area contributed by atoms with Gasteiger partial charge >= 0.3 is 0 Å². The molecule has 1 saturated heterocycles. The van der Waals surface area contributed by atoms with Crippen molar-refractivity contribution in [3.8, 4) is 0 Å². The third-order valence-electron chi connectivity index (χ3n) is 7.24. The van der Waals surface area contributed by atoms with Gasteiger partial charge in [0.05, 0.1) is 0 Å². The minimum absolute atomic E-state index is 0.898. The lowest BCUT2D eigenvalue weighted by molar-refractivity contribution is 0.0681. The Bertz CT molecular complexity index is 305. The lowest BCUT2D eigenvalue weighted by Crippen LogP contribution is -2.44. The molecule has 0 spiro atoms. The van der Waals surface area contributed by atoms with Gasteiger partial charge in [0.25, 0.3) is 0 Å². The first-order valence-corrected chi connectivity index (χ1v) is 10.6. The highest BCUT2D eigenvalue weighted by atomic mass is 15.2. The van der Waals surface area contributed by atoms with Gasteiger partial charge in [0.1, 0.15) is 0 Å². The van der Waals surface area contributed by atoms with E-state index in [0.717, 1.165) is 23.9 Å². The van der Waals surface area contributed by atoms with Crippen LogP contribution in [0.15, 0.2) is 0 Å². The van der Waals surface area contributed by atoms with Crippen LogP contribution in [0.5, 0.6) is 0 Å². The molecule has 3 fully saturated rings. The predicted molar refractivity (Wildman–Crippen MR) is 96.2 cm³/mol. The van der Waals surface area contributed by atoms with Crippen molar-refractivity contribution < 1.29 is 0 Å². The van der Waals surface area contributed by atoms with Crippen molar-refractivity contribution in [3.05, 3.63) is 0 Å². The third kappa shape index (κ3) is 4.49. The molecule has 0 aromatic heterocycles. The van der Waals surface area contributed by atoms with E-state index in [0.29, 0.717) is 0 Å². The lowest BCUT2D eigenvalue weighted by atomic mass is 9.73. The second-order valence-electron chi connectivity index (χ2n) is 8.64. The highest BCUT2D eigenvalue weighted by molar-refractivity contribution is 4.87. The quantitative estimate of drug-likeness (QED) is 0.517. The summed E-state index contributed by atoms with van der Waals surface area (Å²) in [6.07, 6.45) is 24.1. The van der Waals surface area contributed by atoms with Gasteiger partial charge in [-0.15, -0.1) is 0 Å². The monoisotopic (exact) mass is 305 g/mol. The summed E-state index contributed by atoms with van der Waals surface area (Å²) < 4.78 is 0. The first-order valence-electron chi connectivity index (χ1n) is 10.6. The van der Waals surface area contributed by atoms with E-state index in [1.807, 2.05) is 0 Å². The van der Waals surface area contributed by atoms with Crippen LogP contribution in [0.4, 0.5) is 0 Å². The van der Waals surface area contributed by atoms with Crippen molar-refractivity contribution in [2.24, 2.45) is 11.8 Å². The van der Waals surface area contributed by atoms with Crippen molar-refractivity contribution in [2.45, 2.75) is 115 Å². The minimum Gasteiger partial charge on any atom is -0.300 e. The van der Waals surface area contributed by atoms with E-state index >= 15 is 0 Å². The maximum absolute atomic E-state index is 2.85. The van der Waals surface area contributed by atoms with E-state index in [1.165, 1.54) is 89.9 Å². The predicted octanol–water partition coefficient (Wildman–Crippen LogP) is 6.17. The molecule has 22 heavy (non-hydrogen) atoms. The van der Waals surface area contributed by atoms with Crippen LogP contribution in [-0.4, -0.2) is 24.0 Å². The topological polar surface area (TPSA) is 3.24 Å². The van der Waals surface area contributed by atoms with E-state index in [-0.39, 0.29) is 0 Å². The van der Waals surface area contributed by atoms with E-state index in [4.69, 9.17) is 0 Å². The van der Waals surface area contributed by atoms with Crippen LogP contribution in [0.3, 0.4) is 0 Å². The lowest BCUT2D eigenvalue weighted by Gasteiger charge is -2.43. The molecule has 4 atom stereocenters. The molecule has 0 N–H and O–H groups in total. The Morgan fingerprint density at radius 2 is 1.05 bits per heavy atom. The Balaban J connectivity index is 1.77. The zero-order valence-electron chi connectivity index (χ0n) is 15.1. The van der Waals surface area contributed by atoms with Crippen molar-refractivity contribution in [1.82, 2.24) is 4.90 Å². The van der Waals surface area contributed by atoms with Gasteiger partial charge in [-0.05, 0) is 51.0 Å². The SMILES string of the molecule is CN1C2CCCCCCC(CC2)C2CCCCCCCC1C2. The van der Waals surface area contributed by atoms with E-state index < -0.39 is 0 Å². The van der Waals surface area contributed by atoms with Crippen molar-refractivity contribution in [1.29, 1.82) is 0 Å². The number of hydrogen-bond donors (Lipinski definition) is 0. The summed E-state index contributed by atoms with van der Waals surface area (Å²) in [5.74, 6) is 2.11. The summed E-state index contributed by atoms with van der Waals surface area (Å²) in [4.78, 5) is 2.85. The first kappa shape index (κ1) is 16.8. The summed E-state index contributed by atoms with van der Waals surface area (Å²) in [5.41, 5.74) is 0. The normalized spacial score (nSPS) is 39.7. The Labute approximate surface area is 139 Å². The molecule has 4 bridgehead atoms. The smallest absolute Gasteiger partial charge is 0.00978 e. The maximum Gasteiger partial charge on any atom is 0.00978 e. The van der Waals surface area contributed by atoms with Crippen LogP contribution in [-0.2, 0) is 0 Å². The van der Waals surface area contributed by atoms with Crippen LogP contribution in [0, 0.1) is 11.8 Å². The summed E-state index contributed by atoms with van der Waals surface area (Å²) in [6, 6.07) is 1.80. The van der Waals surface area contributed by atoms with Gasteiger partial charge < -0.3 is 4.90 Å². The number of nitrogens with zero attached hydrogens (tertiary/aromatic N) is 1. The van der Waals surface area contributed by atoms with Gasteiger partial charge in [-0.3, -0.25) is 0 Å². The molecule has 2 saturated carbocycles. The van der Waals surface area contributed by atoms with E-state index in [9.17, 15) is 0 Å². The largest absolute Gasteiger partial charge is 0.300 e. The Morgan fingerprint density at radius 1 is 0.500 bits per heavy atom. The molecule has 2 aliphatic carbocycles. The van der Waals surface area contributed by atoms with Crippen LogP contribution in [0.2, 0.25) is 0 Å². The van der Waals surface area contributed by atoms with Crippen molar-refractivity contribution in [2.75, 3.05) is 7.05 Å². The Morgan fingerprint density at radius 3 is 1.77 bits per heavy atom. The van der Waals surface area contributed by atoms with Crippen LogP contribution in [0.1, 0.15) is 103 Å². The van der Waals surface area contributed by atoms with E-state index in [1.54, 1.807) is 12.8 Å². The molecule has 128 valence electrons. The average Bonchev–Trinajstić information content (AvgIpc) is 2.55. The molecule has 0 radical (unpaired) electrons. The number of hydrogen-bond acceptors (Lipinski definition) is 1. The highest BCUT2D eigenvalue weighted by Crippen LogP contribution is 2.39. The molecular formula is C21H39N.